The van der Waals surface area contributed by atoms with Gasteiger partial charge in [0.1, 0.15) is 0 Å². The smallest absolute Gasteiger partial charge is 0.214 e. The molecule has 4 atom stereocenters. The highest BCUT2D eigenvalue weighted by Gasteiger charge is 2.54. The summed E-state index contributed by atoms with van der Waals surface area (Å²) in [4.78, 5) is 13.0. The monoisotopic (exact) mass is 616 g/mol. The summed E-state index contributed by atoms with van der Waals surface area (Å²) in [6.45, 7) is 19.4. The minimum atomic E-state index is -1.02. The van der Waals surface area contributed by atoms with E-state index in [0.29, 0.717) is 31.6 Å². The molecular formula is C40H56O5. The first-order valence-corrected chi connectivity index (χ1v) is 16.0. The molecule has 0 aromatic heterocycles. The number of hydrogen-bond donors (Lipinski definition) is 3. The van der Waals surface area contributed by atoms with E-state index in [4.69, 9.17) is 0 Å². The van der Waals surface area contributed by atoms with E-state index in [1.807, 2.05) is 102 Å². The van der Waals surface area contributed by atoms with Gasteiger partial charge in [0, 0.05) is 37.2 Å². The predicted molar refractivity (Wildman–Crippen MR) is 185 cm³/mol. The maximum Gasteiger partial charge on any atom is 0.214 e. The zero-order valence-electron chi connectivity index (χ0n) is 29.1. The van der Waals surface area contributed by atoms with Gasteiger partial charge in [-0.25, -0.2) is 0 Å². The Kier molecular flexibility index (Phi) is 13.1. The van der Waals surface area contributed by atoms with Gasteiger partial charge in [0.05, 0.1) is 29.3 Å². The summed E-state index contributed by atoms with van der Waals surface area (Å²) in [5, 5.41) is 43.8. The number of hydrogen-bond acceptors (Lipinski definition) is 5. The molecule has 0 aliphatic heterocycles. The summed E-state index contributed by atoms with van der Waals surface area (Å²) in [7, 11) is 0. The van der Waals surface area contributed by atoms with Crippen LogP contribution in [0.4, 0.5) is 0 Å². The van der Waals surface area contributed by atoms with Gasteiger partial charge in [-0.1, -0.05) is 100 Å². The molecule has 0 aromatic carbocycles. The van der Waals surface area contributed by atoms with Gasteiger partial charge < -0.3 is 20.4 Å². The minimum Gasteiger partial charge on any atom is -0.852 e. The van der Waals surface area contributed by atoms with Crippen LogP contribution in [-0.2, 0) is 4.79 Å². The van der Waals surface area contributed by atoms with Crippen LogP contribution in [0.5, 0.6) is 0 Å². The fourth-order valence-corrected chi connectivity index (χ4v) is 6.51. The second kappa shape index (κ2) is 15.4. The van der Waals surface area contributed by atoms with Crippen molar-refractivity contribution in [2.24, 2.45) is 16.2 Å². The van der Waals surface area contributed by atoms with Crippen molar-refractivity contribution in [1.29, 1.82) is 0 Å². The highest BCUT2D eigenvalue weighted by molar-refractivity contribution is 5.96. The van der Waals surface area contributed by atoms with E-state index in [1.165, 1.54) is 6.08 Å². The summed E-state index contributed by atoms with van der Waals surface area (Å²) >= 11 is 0. The minimum absolute atomic E-state index is 0.219. The molecule has 2 fully saturated rings. The lowest BCUT2D eigenvalue weighted by atomic mass is 9.65. The van der Waals surface area contributed by atoms with Crippen molar-refractivity contribution in [2.45, 2.75) is 113 Å². The maximum atomic E-state index is 13.0. The number of rotatable bonds is 11. The summed E-state index contributed by atoms with van der Waals surface area (Å²) in [5.41, 5.74) is 1.70. The van der Waals surface area contributed by atoms with Crippen molar-refractivity contribution in [3.8, 4) is 0 Å². The number of allylic oxidation sites excluding steroid dienone is 16. The summed E-state index contributed by atoms with van der Waals surface area (Å²) in [6, 6.07) is 0. The van der Waals surface area contributed by atoms with Gasteiger partial charge in [-0.2, -0.15) is 0 Å². The second-order valence-electron chi connectivity index (χ2n) is 14.8. The van der Waals surface area contributed by atoms with Crippen LogP contribution < -0.4 is 5.11 Å². The molecule has 0 saturated heterocycles. The zero-order valence-corrected chi connectivity index (χ0v) is 29.1. The molecule has 0 spiro atoms. The quantitative estimate of drug-likeness (QED) is 0.0966. The Labute approximate surface area is 272 Å². The molecule has 2 aliphatic rings. The van der Waals surface area contributed by atoms with Gasteiger partial charge in [-0.15, -0.1) is 0 Å². The molecule has 0 bridgehead atoms. The third-order valence-corrected chi connectivity index (χ3v) is 9.53. The number of ketones is 1. The molecule has 2 rings (SSSR count). The maximum absolute atomic E-state index is 13.0. The first-order valence-electron chi connectivity index (χ1n) is 16.0. The van der Waals surface area contributed by atoms with Gasteiger partial charge >= 0.3 is 0 Å². The Hall–Kier alpha value is -3.12. The van der Waals surface area contributed by atoms with Crippen molar-refractivity contribution in [1.82, 2.24) is 0 Å². The molecule has 0 unspecified atom stereocenters. The lowest BCUT2D eigenvalue weighted by Gasteiger charge is -2.45. The van der Waals surface area contributed by atoms with Crippen LogP contribution in [0.2, 0.25) is 0 Å². The molecule has 0 aromatic rings. The molecule has 3 N–H and O–H groups in total. The molecule has 5 heteroatoms. The van der Waals surface area contributed by atoms with Crippen molar-refractivity contribution in [2.75, 3.05) is 0 Å². The average molecular weight is 617 g/mol. The molecule has 2 saturated carbocycles. The third kappa shape index (κ3) is 10.7. The van der Waals surface area contributed by atoms with Gasteiger partial charge in [-0.05, 0) is 75.0 Å². The van der Waals surface area contributed by atoms with Crippen LogP contribution in [-0.4, -0.2) is 38.9 Å². The van der Waals surface area contributed by atoms with Crippen LogP contribution in [0.1, 0.15) is 94.9 Å². The van der Waals surface area contributed by atoms with E-state index >= 15 is 0 Å². The summed E-state index contributed by atoms with van der Waals surface area (Å²) in [6.07, 6.45) is 25.5. The molecule has 5 nitrogen and oxygen atoms in total. The zero-order chi connectivity index (χ0) is 34.2. The number of carbonyl (C=O) groups excluding carboxylic acids is 1. The van der Waals surface area contributed by atoms with Crippen molar-refractivity contribution < 1.29 is 25.2 Å². The van der Waals surface area contributed by atoms with Crippen LogP contribution in [0, 0.1) is 22.2 Å². The Morgan fingerprint density at radius 2 is 1.29 bits per heavy atom. The normalized spacial score (nSPS) is 30.9. The Balaban J connectivity index is 1.92. The largest absolute Gasteiger partial charge is 0.852 e. The molecule has 0 amide bonds. The van der Waals surface area contributed by atoms with Crippen LogP contribution in [0.15, 0.2) is 107 Å². The van der Waals surface area contributed by atoms with Crippen LogP contribution >= 0.6 is 0 Å². The van der Waals surface area contributed by atoms with Gasteiger partial charge in [0.15, 0.2) is 0 Å². The molecule has 45 heavy (non-hydrogen) atoms. The Bertz CT molecular complexity index is 1320. The number of carbonyl (C=O) groups is 1. The van der Waals surface area contributed by atoms with Crippen molar-refractivity contribution in [3.05, 3.63) is 113 Å². The van der Waals surface area contributed by atoms with E-state index in [9.17, 15) is 25.2 Å². The lowest BCUT2D eigenvalue weighted by molar-refractivity contribution is -0.300. The van der Waals surface area contributed by atoms with E-state index in [0.717, 1.165) is 22.3 Å². The topological polar surface area (TPSA) is 101 Å². The first kappa shape index (κ1) is 38.1. The van der Waals surface area contributed by atoms with Crippen LogP contribution in [0.3, 0.4) is 0 Å². The molecule has 0 radical (unpaired) electrons. The number of aliphatic hydroxyl groups excluding tert-OH is 2. The van der Waals surface area contributed by atoms with Gasteiger partial charge in [0.2, 0.25) is 5.78 Å². The third-order valence-electron chi connectivity index (χ3n) is 9.53. The fourth-order valence-electron chi connectivity index (χ4n) is 6.51. The van der Waals surface area contributed by atoms with E-state index in [1.54, 1.807) is 26.0 Å². The summed E-state index contributed by atoms with van der Waals surface area (Å²) < 4.78 is 0. The molecule has 2 aliphatic carbocycles. The van der Waals surface area contributed by atoms with E-state index in [-0.39, 0.29) is 22.4 Å². The second-order valence-corrected chi connectivity index (χ2v) is 14.8. The van der Waals surface area contributed by atoms with Crippen LogP contribution in [0.25, 0.3) is 0 Å². The SMILES string of the molecule is CC(/C=C/C=C(C)/C=C/C=C/C(C)=C/C=C/[C+](C)/C([O-])=C/C(=O)[C@]1(C)C[C@@H](O)CC1(C)C)=C\C=C1C(C)(C)C[C@H](O)C[C@@]1(C)O. The Morgan fingerprint density at radius 3 is 1.82 bits per heavy atom. The standard InChI is InChI=1S/C40H56O5/c1-28(17-13-18-30(3)21-22-35-37(5,6)24-32(41)27-40(35,10)45)15-11-12-16-29(2)19-14-20-31(4)34(43)23-36(44)39(9)26-33(42)25-38(39,7)8/h11-23,32-33,41-42,45H,24-27H2,1-10H3/b15-11+,16-12+,18-13+,20-14+,28-17+,29-19+,30-21+,35-22?/t32-,33-,39-,40+/m0/s1. The Morgan fingerprint density at radius 1 is 0.778 bits per heavy atom. The van der Waals surface area contributed by atoms with E-state index < -0.39 is 23.2 Å². The average Bonchev–Trinajstić information content (AvgIpc) is 3.11. The van der Waals surface area contributed by atoms with Crippen molar-refractivity contribution in [3.63, 3.8) is 0 Å². The molecule has 246 valence electrons. The highest BCUT2D eigenvalue weighted by atomic mass is 16.3. The van der Waals surface area contributed by atoms with Gasteiger partial charge in [-0.3, -0.25) is 4.79 Å². The van der Waals surface area contributed by atoms with Gasteiger partial charge in [0.25, 0.3) is 0 Å². The molecule has 0 heterocycles. The number of aliphatic hydroxyl groups is 3. The first-order chi connectivity index (χ1) is 20.7. The van der Waals surface area contributed by atoms with Crippen molar-refractivity contribution >= 4 is 5.78 Å². The highest BCUT2D eigenvalue weighted by Crippen LogP contribution is 2.53. The predicted octanol–water partition coefficient (Wildman–Crippen LogP) is 7.50. The summed E-state index contributed by atoms with van der Waals surface area (Å²) in [5.74, 6) is -0.0416. The van der Waals surface area contributed by atoms with E-state index in [2.05, 4.69) is 13.8 Å². The molecular weight excluding hydrogens is 560 g/mol. The fraction of sp³-hybridized carbons (Fsp3) is 0.500. The lowest BCUT2D eigenvalue weighted by Crippen LogP contribution is -2.45.